The van der Waals surface area contributed by atoms with Crippen LogP contribution in [-0.2, 0) is 6.54 Å². The molecule has 40 heavy (non-hydrogen) atoms. The number of carbonyl (C=O) groups excluding carboxylic acids is 1. The first-order valence-electron chi connectivity index (χ1n) is 12.0. The lowest BCUT2D eigenvalue weighted by Gasteiger charge is -2.45. The molecule has 1 saturated heterocycles. The van der Waals surface area contributed by atoms with E-state index >= 15 is 0 Å². The van der Waals surface area contributed by atoms with Crippen LogP contribution in [0.15, 0.2) is 46.9 Å². The second-order valence-corrected chi connectivity index (χ2v) is 9.55. The molecule has 7 nitrogen and oxygen atoms in total. The van der Waals surface area contributed by atoms with E-state index in [-0.39, 0.29) is 36.5 Å². The van der Waals surface area contributed by atoms with E-state index in [2.05, 4.69) is 10.2 Å². The first-order chi connectivity index (χ1) is 18.8. The van der Waals surface area contributed by atoms with Gasteiger partial charge in [-0.1, -0.05) is 18.2 Å². The van der Waals surface area contributed by atoms with Crippen LogP contribution in [0, 0.1) is 5.82 Å². The Morgan fingerprint density at radius 1 is 1.02 bits per heavy atom. The monoisotopic (exact) mass is 576 g/mol. The van der Waals surface area contributed by atoms with Crippen LogP contribution < -0.4 is 0 Å². The lowest BCUT2D eigenvalue weighted by atomic mass is 9.84. The van der Waals surface area contributed by atoms with Crippen LogP contribution in [0.4, 0.5) is 35.1 Å². The maximum Gasteiger partial charge on any atom is 0.457 e. The fraction of sp³-hybridized carbons (Fsp3) is 0.400. The van der Waals surface area contributed by atoms with Crippen molar-refractivity contribution >= 4 is 5.91 Å². The summed E-state index contributed by atoms with van der Waals surface area (Å²) in [6, 6.07) is 8.50. The van der Waals surface area contributed by atoms with Gasteiger partial charge in [0.15, 0.2) is 6.23 Å². The number of aliphatic hydroxyl groups is 1. The van der Waals surface area contributed by atoms with Crippen LogP contribution in [0.1, 0.15) is 46.1 Å². The van der Waals surface area contributed by atoms with E-state index in [1.54, 1.807) is 0 Å². The summed E-state index contributed by atoms with van der Waals surface area (Å²) in [5.41, 5.74) is 1.27. The summed E-state index contributed by atoms with van der Waals surface area (Å²) < 4.78 is 111. The third kappa shape index (κ3) is 4.91. The normalized spacial score (nSPS) is 21.2. The van der Waals surface area contributed by atoms with Gasteiger partial charge >= 0.3 is 18.5 Å². The number of benzene rings is 2. The average Bonchev–Trinajstić information content (AvgIpc) is 3.53. The number of rotatable bonds is 6. The van der Waals surface area contributed by atoms with Gasteiger partial charge in [0.05, 0.1) is 6.04 Å². The highest BCUT2D eigenvalue weighted by molar-refractivity contribution is 5.99. The summed E-state index contributed by atoms with van der Waals surface area (Å²) in [5, 5.41) is 16.9. The zero-order chi connectivity index (χ0) is 29.0. The molecule has 0 bridgehead atoms. The molecule has 214 valence electrons. The summed E-state index contributed by atoms with van der Waals surface area (Å²) in [5.74, 6) is -8.37. The van der Waals surface area contributed by atoms with Crippen LogP contribution in [0.3, 0.4) is 0 Å². The number of aliphatic hydroxyl groups excluding tert-OH is 1. The molecule has 3 heterocycles. The van der Waals surface area contributed by atoms with Crippen molar-refractivity contribution in [3.63, 3.8) is 0 Å². The van der Waals surface area contributed by atoms with Crippen LogP contribution in [0.25, 0.3) is 11.5 Å². The largest absolute Gasteiger partial charge is 0.457 e. The van der Waals surface area contributed by atoms with E-state index in [0.717, 1.165) is 12.1 Å². The number of aromatic nitrogens is 2. The maximum atomic E-state index is 14.0. The molecule has 2 aromatic carbocycles. The molecule has 0 saturated carbocycles. The number of amides is 1. The van der Waals surface area contributed by atoms with Crippen molar-refractivity contribution in [2.24, 2.45) is 0 Å². The predicted molar refractivity (Wildman–Crippen MR) is 121 cm³/mol. The number of nitrogens with zero attached hydrogens (tertiary/aromatic N) is 4. The van der Waals surface area contributed by atoms with Crippen molar-refractivity contribution in [3.8, 4) is 11.5 Å². The molecule has 0 spiro atoms. The molecule has 0 aliphatic carbocycles. The number of piperidine rings is 1. The number of hydrogen-bond donors (Lipinski definition) is 1. The molecule has 2 aliphatic heterocycles. The van der Waals surface area contributed by atoms with E-state index < -0.39 is 60.9 Å². The summed E-state index contributed by atoms with van der Waals surface area (Å²) in [7, 11) is 0. The van der Waals surface area contributed by atoms with Crippen molar-refractivity contribution in [3.05, 3.63) is 70.9 Å². The minimum absolute atomic E-state index is 0.0228. The van der Waals surface area contributed by atoms with E-state index in [0.29, 0.717) is 16.0 Å². The second kappa shape index (κ2) is 10.1. The Labute approximate surface area is 221 Å². The average molecular weight is 576 g/mol. The maximum absolute atomic E-state index is 14.0. The van der Waals surface area contributed by atoms with E-state index in [1.807, 2.05) is 0 Å². The first kappa shape index (κ1) is 28.0. The van der Waals surface area contributed by atoms with Gasteiger partial charge in [-0.2, -0.15) is 30.7 Å². The van der Waals surface area contributed by atoms with Gasteiger partial charge in [-0.25, -0.2) is 4.39 Å². The summed E-state index contributed by atoms with van der Waals surface area (Å²) in [6.07, 6.45) is -12.2. The molecule has 5 rings (SSSR count). The molecular weight excluding hydrogens is 556 g/mol. The van der Waals surface area contributed by atoms with Gasteiger partial charge in [-0.3, -0.25) is 9.69 Å². The van der Waals surface area contributed by atoms with Crippen molar-refractivity contribution < 1.29 is 49.4 Å². The van der Waals surface area contributed by atoms with Crippen molar-refractivity contribution in [2.75, 3.05) is 13.1 Å². The number of fused-ring (bicyclic) bond motifs is 1. The van der Waals surface area contributed by atoms with Crippen LogP contribution in [-0.4, -0.2) is 68.5 Å². The third-order valence-corrected chi connectivity index (χ3v) is 7.18. The molecule has 2 aliphatic rings. The van der Waals surface area contributed by atoms with Gasteiger partial charge in [0.1, 0.15) is 5.82 Å². The highest BCUT2D eigenvalue weighted by Crippen LogP contribution is 2.42. The van der Waals surface area contributed by atoms with Crippen LogP contribution >= 0.6 is 0 Å². The Bertz CT molecular complexity index is 1400. The van der Waals surface area contributed by atoms with Gasteiger partial charge < -0.3 is 14.4 Å². The molecule has 3 atom stereocenters. The third-order valence-electron chi connectivity index (χ3n) is 7.18. The Morgan fingerprint density at radius 2 is 1.73 bits per heavy atom. The highest BCUT2D eigenvalue weighted by atomic mass is 19.4. The predicted octanol–water partition coefficient (Wildman–Crippen LogP) is 5.14. The van der Waals surface area contributed by atoms with Gasteiger partial charge in [-0.05, 0) is 41.8 Å². The van der Waals surface area contributed by atoms with Gasteiger partial charge in [-0.15, -0.1) is 10.2 Å². The number of halogens is 8. The van der Waals surface area contributed by atoms with E-state index in [9.17, 15) is 45.0 Å². The molecule has 1 N–H and O–H groups in total. The Kier molecular flexibility index (Phi) is 7.06. The zero-order valence-corrected chi connectivity index (χ0v) is 20.3. The van der Waals surface area contributed by atoms with Crippen LogP contribution in [0.2, 0.25) is 0 Å². The molecule has 0 radical (unpaired) electrons. The number of likely N-dealkylation sites (tertiary alicyclic amines) is 1. The first-order valence-corrected chi connectivity index (χ1v) is 12.0. The summed E-state index contributed by atoms with van der Waals surface area (Å²) >= 11 is 0. The van der Waals surface area contributed by atoms with Gasteiger partial charge in [0, 0.05) is 36.7 Å². The second-order valence-electron chi connectivity index (χ2n) is 9.55. The van der Waals surface area contributed by atoms with Gasteiger partial charge in [0.25, 0.3) is 11.8 Å². The molecule has 1 amide bonds. The Morgan fingerprint density at radius 3 is 2.35 bits per heavy atom. The lowest BCUT2D eigenvalue weighted by molar-refractivity contribution is -0.335. The van der Waals surface area contributed by atoms with Crippen molar-refractivity contribution in [1.82, 2.24) is 20.0 Å². The minimum Gasteiger partial charge on any atom is -0.415 e. The smallest absolute Gasteiger partial charge is 0.415 e. The molecule has 15 heteroatoms. The Balaban J connectivity index is 1.46. The number of alkyl halides is 7. The zero-order valence-electron chi connectivity index (χ0n) is 20.3. The SMILES string of the molecule is O=C1c2cc(-c3nnc(C(F)F)o3)ccc2CN1[C@@H]1CN(C(O)C(F)(F)C(F)(F)F)CC[C@H]1c1ccc(F)cc1. The topological polar surface area (TPSA) is 82.7 Å². The Hall–Kier alpha value is -3.59. The molecule has 1 unspecified atom stereocenters. The van der Waals surface area contributed by atoms with Crippen LogP contribution in [0.5, 0.6) is 0 Å². The number of hydrogen-bond acceptors (Lipinski definition) is 6. The minimum atomic E-state index is -6.01. The van der Waals surface area contributed by atoms with Crippen molar-refractivity contribution in [2.45, 2.75) is 49.7 Å². The standard InChI is InChI=1S/C25H20F8N4O3/c26-15-5-3-12(4-6-15)16-7-8-36(23(39)24(29,30)25(31,32)33)11-18(16)37-10-14-2-1-13(9-17(14)22(37)38)20-34-35-21(40-20)19(27)28/h1-6,9,16,18-19,23,39H,7-8,10-11H2/t16-,18+,23?/m0/s1. The quantitative estimate of drug-likeness (QED) is 0.410. The molecule has 1 aromatic heterocycles. The van der Waals surface area contributed by atoms with E-state index in [1.165, 1.54) is 35.2 Å². The number of carbonyl (C=O) groups is 1. The summed E-state index contributed by atoms with van der Waals surface area (Å²) in [6.45, 7) is -0.945. The lowest BCUT2D eigenvalue weighted by Crippen LogP contribution is -2.61. The van der Waals surface area contributed by atoms with Gasteiger partial charge in [0.2, 0.25) is 5.89 Å². The fourth-order valence-electron chi connectivity index (χ4n) is 5.13. The highest BCUT2D eigenvalue weighted by Gasteiger charge is 2.64. The van der Waals surface area contributed by atoms with E-state index in [4.69, 9.17) is 4.42 Å². The van der Waals surface area contributed by atoms with Crippen molar-refractivity contribution in [1.29, 1.82) is 0 Å². The fourth-order valence-corrected chi connectivity index (χ4v) is 5.13. The molecule has 3 aromatic rings. The molecule has 1 fully saturated rings. The molecular formula is C25H20F8N4O3. The summed E-state index contributed by atoms with van der Waals surface area (Å²) in [4.78, 5) is 15.4.